The molecule has 0 aliphatic carbocycles. The Morgan fingerprint density at radius 3 is 2.00 bits per heavy atom. The first-order valence-electron chi connectivity index (χ1n) is 9.13. The second kappa shape index (κ2) is 7.40. The van der Waals surface area contributed by atoms with Crippen LogP contribution in [-0.4, -0.2) is 19.3 Å². The lowest BCUT2D eigenvalue weighted by Crippen LogP contribution is -2.50. The maximum absolute atomic E-state index is 6.40. The molecule has 1 aliphatic heterocycles. The minimum absolute atomic E-state index is 0.217. The topological polar surface area (TPSA) is 18.5 Å². The molecule has 23 heavy (non-hydrogen) atoms. The minimum Gasteiger partial charge on any atom is -0.405 e. The van der Waals surface area contributed by atoms with Gasteiger partial charge in [0.05, 0.1) is 0 Å². The zero-order valence-electron chi connectivity index (χ0n) is 16.2. The van der Waals surface area contributed by atoms with Gasteiger partial charge >= 0.3 is 7.12 Å². The van der Waals surface area contributed by atoms with Crippen LogP contribution >= 0.6 is 0 Å². The summed E-state index contributed by atoms with van der Waals surface area (Å²) in [6.45, 7) is 17.8. The smallest absolute Gasteiger partial charge is 0.405 e. The third-order valence-corrected chi connectivity index (χ3v) is 5.92. The van der Waals surface area contributed by atoms with Crippen molar-refractivity contribution in [2.24, 2.45) is 5.92 Å². The van der Waals surface area contributed by atoms with Crippen molar-refractivity contribution >= 4 is 12.6 Å². The SMILES string of the molecule is CCC(C)CC1CC(C)OB(c2c(C)c(C)c(C)c(C)c2C)O1. The summed E-state index contributed by atoms with van der Waals surface area (Å²) < 4.78 is 12.6. The summed E-state index contributed by atoms with van der Waals surface area (Å²) in [7, 11) is -0.217. The third kappa shape index (κ3) is 3.83. The second-order valence-corrected chi connectivity index (χ2v) is 7.56. The molecule has 2 rings (SSSR count). The molecule has 0 amide bonds. The van der Waals surface area contributed by atoms with Gasteiger partial charge in [-0.2, -0.15) is 0 Å². The summed E-state index contributed by atoms with van der Waals surface area (Å²) in [5.74, 6) is 0.703. The summed E-state index contributed by atoms with van der Waals surface area (Å²) >= 11 is 0. The molecule has 128 valence electrons. The van der Waals surface area contributed by atoms with Crippen LogP contribution in [0.5, 0.6) is 0 Å². The molecule has 3 unspecified atom stereocenters. The van der Waals surface area contributed by atoms with Gasteiger partial charge < -0.3 is 9.31 Å². The summed E-state index contributed by atoms with van der Waals surface area (Å²) in [4.78, 5) is 0. The van der Waals surface area contributed by atoms with E-state index in [-0.39, 0.29) is 13.2 Å². The lowest BCUT2D eigenvalue weighted by molar-refractivity contribution is 0.0201. The van der Waals surface area contributed by atoms with Crippen molar-refractivity contribution in [3.63, 3.8) is 0 Å². The highest BCUT2D eigenvalue weighted by atomic mass is 16.6. The third-order valence-electron chi connectivity index (χ3n) is 5.92. The molecule has 0 spiro atoms. The largest absolute Gasteiger partial charge is 0.494 e. The van der Waals surface area contributed by atoms with Gasteiger partial charge in [-0.25, -0.2) is 0 Å². The van der Waals surface area contributed by atoms with E-state index in [0.717, 1.165) is 12.8 Å². The number of hydrogen-bond acceptors (Lipinski definition) is 2. The van der Waals surface area contributed by atoms with Crippen molar-refractivity contribution in [2.75, 3.05) is 0 Å². The van der Waals surface area contributed by atoms with Gasteiger partial charge in [0.2, 0.25) is 0 Å². The Labute approximate surface area is 143 Å². The van der Waals surface area contributed by atoms with E-state index in [2.05, 4.69) is 55.4 Å². The molecule has 0 bridgehead atoms. The maximum atomic E-state index is 6.40. The fraction of sp³-hybridized carbons (Fsp3) is 0.700. The molecule has 3 atom stereocenters. The molecule has 1 aliphatic rings. The normalized spacial score (nSPS) is 23.2. The van der Waals surface area contributed by atoms with Crippen LogP contribution in [-0.2, 0) is 9.31 Å². The first-order chi connectivity index (χ1) is 10.8. The fourth-order valence-electron chi connectivity index (χ4n) is 3.69. The predicted octanol–water partition coefficient (Wildman–Crippen LogP) is 4.55. The lowest BCUT2D eigenvalue weighted by Gasteiger charge is -2.35. The average molecular weight is 316 g/mol. The van der Waals surface area contributed by atoms with Gasteiger partial charge in [0.1, 0.15) is 0 Å². The first-order valence-corrected chi connectivity index (χ1v) is 9.13. The van der Waals surface area contributed by atoms with Gasteiger partial charge in [0.25, 0.3) is 0 Å². The summed E-state index contributed by atoms with van der Waals surface area (Å²) in [5, 5.41) is 0. The van der Waals surface area contributed by atoms with Gasteiger partial charge in [-0.3, -0.25) is 0 Å². The highest BCUT2D eigenvalue weighted by Crippen LogP contribution is 2.26. The Hall–Kier alpha value is -0.795. The molecule has 0 aromatic heterocycles. The van der Waals surface area contributed by atoms with Gasteiger partial charge in [0, 0.05) is 12.2 Å². The van der Waals surface area contributed by atoms with Crippen LogP contribution in [0, 0.1) is 40.5 Å². The second-order valence-electron chi connectivity index (χ2n) is 7.56. The minimum atomic E-state index is -0.217. The van der Waals surface area contributed by atoms with Crippen molar-refractivity contribution in [3.8, 4) is 0 Å². The molecule has 1 heterocycles. The van der Waals surface area contributed by atoms with Gasteiger partial charge in [-0.15, -0.1) is 0 Å². The summed E-state index contributed by atoms with van der Waals surface area (Å²) in [6, 6.07) is 0. The molecular formula is C20H33BO2. The lowest BCUT2D eigenvalue weighted by atomic mass is 9.68. The summed E-state index contributed by atoms with van der Waals surface area (Å²) in [6.07, 6.45) is 3.90. The molecule has 0 radical (unpaired) electrons. The average Bonchev–Trinajstić information content (AvgIpc) is 2.50. The van der Waals surface area contributed by atoms with Crippen LogP contribution < -0.4 is 5.46 Å². The first kappa shape index (κ1) is 18.5. The molecule has 1 fully saturated rings. The fourth-order valence-corrected chi connectivity index (χ4v) is 3.69. The summed E-state index contributed by atoms with van der Waals surface area (Å²) in [5.41, 5.74) is 8.04. The Morgan fingerprint density at radius 2 is 1.48 bits per heavy atom. The zero-order valence-corrected chi connectivity index (χ0v) is 16.2. The zero-order chi connectivity index (χ0) is 17.3. The van der Waals surface area contributed by atoms with Crippen LogP contribution in [0.4, 0.5) is 0 Å². The Balaban J connectivity index is 2.34. The Kier molecular flexibility index (Phi) is 5.96. The standard InChI is InChI=1S/C20H33BO2/c1-9-12(2)10-19-11-13(3)22-21(23-19)20-17(7)15(5)14(4)16(6)18(20)8/h12-13,19H,9-11H2,1-8H3. The van der Waals surface area contributed by atoms with Gasteiger partial charge in [-0.1, -0.05) is 20.3 Å². The quantitative estimate of drug-likeness (QED) is 0.759. The molecule has 0 saturated carbocycles. The molecule has 1 aromatic rings. The Bertz CT molecular complexity index is 538. The molecule has 0 N–H and O–H groups in total. The maximum Gasteiger partial charge on any atom is 0.494 e. The van der Waals surface area contributed by atoms with E-state index in [1.807, 2.05) is 0 Å². The van der Waals surface area contributed by atoms with Crippen LogP contribution in [0.15, 0.2) is 0 Å². The monoisotopic (exact) mass is 316 g/mol. The number of rotatable bonds is 4. The van der Waals surface area contributed by atoms with Crippen molar-refractivity contribution in [1.29, 1.82) is 0 Å². The van der Waals surface area contributed by atoms with Gasteiger partial charge in [-0.05, 0) is 93.6 Å². The Morgan fingerprint density at radius 1 is 0.957 bits per heavy atom. The highest BCUT2D eigenvalue weighted by Gasteiger charge is 2.36. The van der Waals surface area contributed by atoms with Crippen molar-refractivity contribution in [2.45, 2.75) is 86.9 Å². The van der Waals surface area contributed by atoms with E-state index in [1.165, 1.54) is 39.7 Å². The van der Waals surface area contributed by atoms with Crippen LogP contribution in [0.3, 0.4) is 0 Å². The van der Waals surface area contributed by atoms with Crippen LogP contribution in [0.2, 0.25) is 0 Å². The van der Waals surface area contributed by atoms with Gasteiger partial charge in [0.15, 0.2) is 0 Å². The van der Waals surface area contributed by atoms with Crippen molar-refractivity contribution < 1.29 is 9.31 Å². The van der Waals surface area contributed by atoms with E-state index in [9.17, 15) is 0 Å². The van der Waals surface area contributed by atoms with E-state index >= 15 is 0 Å². The molecule has 1 saturated heterocycles. The van der Waals surface area contributed by atoms with E-state index in [0.29, 0.717) is 12.0 Å². The molecular weight excluding hydrogens is 283 g/mol. The van der Waals surface area contributed by atoms with E-state index < -0.39 is 0 Å². The predicted molar refractivity (Wildman–Crippen MR) is 99.6 cm³/mol. The number of hydrogen-bond donors (Lipinski definition) is 0. The van der Waals surface area contributed by atoms with Crippen LogP contribution in [0.1, 0.15) is 67.9 Å². The highest BCUT2D eigenvalue weighted by molar-refractivity contribution is 6.62. The van der Waals surface area contributed by atoms with Crippen molar-refractivity contribution in [3.05, 3.63) is 27.8 Å². The molecule has 3 heteroatoms. The van der Waals surface area contributed by atoms with Crippen LogP contribution in [0.25, 0.3) is 0 Å². The molecule has 1 aromatic carbocycles. The van der Waals surface area contributed by atoms with E-state index in [1.54, 1.807) is 0 Å². The molecule has 2 nitrogen and oxygen atoms in total. The van der Waals surface area contributed by atoms with E-state index in [4.69, 9.17) is 9.31 Å². The van der Waals surface area contributed by atoms with Crippen molar-refractivity contribution in [1.82, 2.24) is 0 Å². The number of benzene rings is 1.